The molecular formula is C16H24N4O. The number of nitrogens with two attached hydrogens (primary N) is 1. The molecule has 2 aliphatic carbocycles. The Bertz CT molecular complexity index is 544. The highest BCUT2D eigenvalue weighted by Gasteiger charge is 2.48. The van der Waals surface area contributed by atoms with E-state index in [1.165, 1.54) is 18.7 Å². The molecule has 114 valence electrons. The fourth-order valence-corrected chi connectivity index (χ4v) is 3.45. The fourth-order valence-electron chi connectivity index (χ4n) is 3.45. The minimum Gasteiger partial charge on any atom is -0.340 e. The summed E-state index contributed by atoms with van der Waals surface area (Å²) >= 11 is 0. The van der Waals surface area contributed by atoms with Gasteiger partial charge < -0.3 is 15.2 Å². The number of carbonyl (C=O) groups is 1. The first-order valence-electron chi connectivity index (χ1n) is 8.25. The average Bonchev–Trinajstić information content (AvgIpc) is 3.40. The zero-order chi connectivity index (χ0) is 14.4. The summed E-state index contributed by atoms with van der Waals surface area (Å²) in [6.07, 6.45) is 10.6. The molecule has 1 aromatic heterocycles. The summed E-state index contributed by atoms with van der Waals surface area (Å²) in [7, 11) is 0. The molecule has 4 rings (SSSR count). The van der Waals surface area contributed by atoms with Crippen molar-refractivity contribution in [2.75, 3.05) is 13.1 Å². The van der Waals surface area contributed by atoms with E-state index in [0.29, 0.717) is 5.92 Å². The number of imidazole rings is 1. The first-order valence-corrected chi connectivity index (χ1v) is 8.25. The van der Waals surface area contributed by atoms with Crippen LogP contribution in [0.15, 0.2) is 12.4 Å². The zero-order valence-electron chi connectivity index (χ0n) is 12.5. The van der Waals surface area contributed by atoms with Gasteiger partial charge in [0.1, 0.15) is 5.82 Å². The molecule has 3 aliphatic rings. The lowest BCUT2D eigenvalue weighted by Gasteiger charge is -2.34. The van der Waals surface area contributed by atoms with Crippen LogP contribution in [0.25, 0.3) is 0 Å². The second kappa shape index (κ2) is 4.83. The number of likely N-dealkylation sites (tertiary alicyclic amines) is 1. The van der Waals surface area contributed by atoms with Crippen LogP contribution in [0.5, 0.6) is 0 Å². The molecule has 0 unspecified atom stereocenters. The fraction of sp³-hybridized carbons (Fsp3) is 0.750. The van der Waals surface area contributed by atoms with E-state index in [-0.39, 0.29) is 5.91 Å². The molecule has 1 atom stereocenters. The van der Waals surface area contributed by atoms with Gasteiger partial charge in [-0.05, 0) is 44.4 Å². The molecule has 0 spiro atoms. The van der Waals surface area contributed by atoms with E-state index >= 15 is 0 Å². The van der Waals surface area contributed by atoms with Crippen molar-refractivity contribution in [2.24, 2.45) is 11.7 Å². The molecule has 2 saturated carbocycles. The Hall–Kier alpha value is -1.36. The van der Waals surface area contributed by atoms with Crippen LogP contribution in [-0.2, 0) is 11.3 Å². The lowest BCUT2D eigenvalue weighted by atomic mass is 9.96. The van der Waals surface area contributed by atoms with Crippen LogP contribution < -0.4 is 5.73 Å². The molecule has 0 bridgehead atoms. The number of hydrogen-bond acceptors (Lipinski definition) is 3. The summed E-state index contributed by atoms with van der Waals surface area (Å²) in [6.45, 7) is 2.75. The van der Waals surface area contributed by atoms with Crippen LogP contribution in [0.1, 0.15) is 50.3 Å². The van der Waals surface area contributed by atoms with Gasteiger partial charge >= 0.3 is 0 Å². The van der Waals surface area contributed by atoms with E-state index in [1.54, 1.807) is 0 Å². The van der Waals surface area contributed by atoms with Crippen LogP contribution >= 0.6 is 0 Å². The van der Waals surface area contributed by atoms with Crippen LogP contribution in [0.2, 0.25) is 0 Å². The molecule has 0 radical (unpaired) electrons. The molecule has 1 amide bonds. The number of amides is 1. The van der Waals surface area contributed by atoms with Crippen molar-refractivity contribution in [1.29, 1.82) is 0 Å². The average molecular weight is 288 g/mol. The Morgan fingerprint density at radius 2 is 2.19 bits per heavy atom. The number of carbonyl (C=O) groups excluding carboxylic acids is 1. The molecule has 0 aromatic carbocycles. The molecule has 21 heavy (non-hydrogen) atoms. The second-order valence-corrected chi connectivity index (χ2v) is 7.13. The van der Waals surface area contributed by atoms with Gasteiger partial charge in [0, 0.05) is 37.9 Å². The third-order valence-electron chi connectivity index (χ3n) is 5.19. The number of piperidine rings is 1. The van der Waals surface area contributed by atoms with Crippen LogP contribution in [0.4, 0.5) is 0 Å². The van der Waals surface area contributed by atoms with E-state index in [1.807, 2.05) is 11.1 Å². The predicted molar refractivity (Wildman–Crippen MR) is 79.7 cm³/mol. The van der Waals surface area contributed by atoms with Gasteiger partial charge in [0.05, 0.1) is 5.54 Å². The van der Waals surface area contributed by atoms with E-state index in [4.69, 9.17) is 5.73 Å². The van der Waals surface area contributed by atoms with Crippen molar-refractivity contribution in [1.82, 2.24) is 14.5 Å². The van der Waals surface area contributed by atoms with E-state index in [9.17, 15) is 4.79 Å². The van der Waals surface area contributed by atoms with Gasteiger partial charge in [-0.2, -0.15) is 0 Å². The molecule has 1 aromatic rings. The highest BCUT2D eigenvalue weighted by Crippen LogP contribution is 2.37. The first kappa shape index (κ1) is 13.3. The van der Waals surface area contributed by atoms with E-state index < -0.39 is 5.54 Å². The SMILES string of the molecule is NC1(C(=O)N2CCC[C@@H](c3nccn3CC3CC3)C2)CC1. The molecule has 2 N–H and O–H groups in total. The smallest absolute Gasteiger partial charge is 0.242 e. The van der Waals surface area contributed by atoms with Crippen LogP contribution in [-0.4, -0.2) is 39.0 Å². The topological polar surface area (TPSA) is 64.2 Å². The highest BCUT2D eigenvalue weighted by atomic mass is 16.2. The predicted octanol–water partition coefficient (Wildman–Crippen LogP) is 1.49. The Morgan fingerprint density at radius 3 is 2.90 bits per heavy atom. The van der Waals surface area contributed by atoms with Gasteiger partial charge in [-0.25, -0.2) is 4.98 Å². The maximum Gasteiger partial charge on any atom is 0.242 e. The first-order chi connectivity index (χ1) is 10.2. The quantitative estimate of drug-likeness (QED) is 0.913. The van der Waals surface area contributed by atoms with Crippen molar-refractivity contribution in [3.8, 4) is 0 Å². The van der Waals surface area contributed by atoms with Crippen molar-refractivity contribution >= 4 is 5.91 Å². The maximum absolute atomic E-state index is 12.4. The summed E-state index contributed by atoms with van der Waals surface area (Å²) in [5, 5.41) is 0. The summed E-state index contributed by atoms with van der Waals surface area (Å²) in [5.74, 6) is 2.55. The normalized spacial score (nSPS) is 27.7. The minimum atomic E-state index is -0.536. The van der Waals surface area contributed by atoms with Gasteiger partial charge in [0.2, 0.25) is 5.91 Å². The van der Waals surface area contributed by atoms with Crippen molar-refractivity contribution in [2.45, 2.75) is 56.5 Å². The standard InChI is InChI=1S/C16H24N4O/c17-16(5-6-16)15(21)20-8-1-2-13(11-20)14-18-7-9-19(14)10-12-3-4-12/h7,9,12-13H,1-6,8,10-11,17H2/t13-/m1/s1. The summed E-state index contributed by atoms with van der Waals surface area (Å²) in [5.41, 5.74) is 5.54. The van der Waals surface area contributed by atoms with Crippen molar-refractivity contribution in [3.05, 3.63) is 18.2 Å². The van der Waals surface area contributed by atoms with Crippen LogP contribution in [0, 0.1) is 5.92 Å². The molecule has 1 aliphatic heterocycles. The Morgan fingerprint density at radius 1 is 1.38 bits per heavy atom. The van der Waals surface area contributed by atoms with Gasteiger partial charge in [0.25, 0.3) is 0 Å². The molecular weight excluding hydrogens is 264 g/mol. The van der Waals surface area contributed by atoms with E-state index in [0.717, 1.165) is 51.2 Å². The third kappa shape index (κ3) is 2.59. The van der Waals surface area contributed by atoms with Crippen molar-refractivity contribution < 1.29 is 4.79 Å². The van der Waals surface area contributed by atoms with Gasteiger partial charge in [-0.1, -0.05) is 0 Å². The largest absolute Gasteiger partial charge is 0.340 e. The van der Waals surface area contributed by atoms with E-state index in [2.05, 4.69) is 15.7 Å². The summed E-state index contributed by atoms with van der Waals surface area (Å²) in [4.78, 5) is 19.0. The molecule has 1 saturated heterocycles. The summed E-state index contributed by atoms with van der Waals surface area (Å²) in [6, 6.07) is 0. The molecule has 5 nitrogen and oxygen atoms in total. The van der Waals surface area contributed by atoms with Gasteiger partial charge in [0.15, 0.2) is 0 Å². The number of nitrogens with zero attached hydrogens (tertiary/aromatic N) is 3. The number of aromatic nitrogens is 2. The van der Waals surface area contributed by atoms with Gasteiger partial charge in [-0.15, -0.1) is 0 Å². The van der Waals surface area contributed by atoms with Gasteiger partial charge in [-0.3, -0.25) is 4.79 Å². The lowest BCUT2D eigenvalue weighted by Crippen LogP contribution is -2.49. The number of hydrogen-bond donors (Lipinski definition) is 1. The monoisotopic (exact) mass is 288 g/mol. The minimum absolute atomic E-state index is 0.160. The zero-order valence-corrected chi connectivity index (χ0v) is 12.5. The highest BCUT2D eigenvalue weighted by molar-refractivity contribution is 5.89. The second-order valence-electron chi connectivity index (χ2n) is 7.13. The molecule has 3 fully saturated rings. The maximum atomic E-state index is 12.4. The Labute approximate surface area is 125 Å². The van der Waals surface area contributed by atoms with Crippen LogP contribution in [0.3, 0.4) is 0 Å². The number of rotatable bonds is 4. The molecule has 5 heteroatoms. The van der Waals surface area contributed by atoms with Crippen molar-refractivity contribution in [3.63, 3.8) is 0 Å². The molecule has 2 heterocycles. The Kier molecular flexibility index (Phi) is 3.06. The third-order valence-corrected chi connectivity index (χ3v) is 5.19. The summed E-state index contributed by atoms with van der Waals surface area (Å²) < 4.78 is 2.31. The lowest BCUT2D eigenvalue weighted by molar-refractivity contribution is -0.134. The Balaban J connectivity index is 1.47.